The molecule has 0 bridgehead atoms. The molecule has 2 nitrogen and oxygen atoms in total. The van der Waals surface area contributed by atoms with E-state index in [0.717, 1.165) is 12.0 Å². The fourth-order valence-electron chi connectivity index (χ4n) is 3.37. The molecule has 0 aliphatic heterocycles. The quantitative estimate of drug-likeness (QED) is 0.589. The van der Waals surface area contributed by atoms with E-state index in [9.17, 15) is 4.79 Å². The highest BCUT2D eigenvalue weighted by Gasteiger charge is 2.28. The van der Waals surface area contributed by atoms with E-state index in [2.05, 4.69) is 18.9 Å². The number of hydrogen-bond donors (Lipinski definition) is 0. The van der Waals surface area contributed by atoms with Gasteiger partial charge in [0.15, 0.2) is 5.78 Å². The van der Waals surface area contributed by atoms with E-state index in [1.807, 2.05) is 30.3 Å². The summed E-state index contributed by atoms with van der Waals surface area (Å²) in [6, 6.07) is 10.3. The van der Waals surface area contributed by atoms with Crippen molar-refractivity contribution in [1.82, 2.24) is 4.90 Å². The summed E-state index contributed by atoms with van der Waals surface area (Å²) < 4.78 is 0. The molecule has 0 spiro atoms. The van der Waals surface area contributed by atoms with E-state index in [-0.39, 0.29) is 11.8 Å². The van der Waals surface area contributed by atoms with Gasteiger partial charge in [-0.3, -0.25) is 9.69 Å². The van der Waals surface area contributed by atoms with Gasteiger partial charge in [-0.15, -0.1) is 0 Å². The van der Waals surface area contributed by atoms with E-state index in [4.69, 9.17) is 0 Å². The summed E-state index contributed by atoms with van der Waals surface area (Å²) >= 11 is 0. The van der Waals surface area contributed by atoms with Gasteiger partial charge in [-0.25, -0.2) is 0 Å². The molecule has 1 aromatic rings. The summed E-state index contributed by atoms with van der Waals surface area (Å²) in [5.74, 6) is 0.278. The predicted octanol–water partition coefficient (Wildman–Crippen LogP) is 4.30. The largest absolute Gasteiger partial charge is 0.293 e. The van der Waals surface area contributed by atoms with Crippen molar-refractivity contribution in [3.05, 3.63) is 35.9 Å². The van der Waals surface area contributed by atoms with Crippen molar-refractivity contribution in [2.75, 3.05) is 7.05 Å². The minimum atomic E-state index is 0.0282. The Balaban J connectivity index is 2.08. The number of hydrogen-bond acceptors (Lipinski definition) is 2. The molecule has 1 fully saturated rings. The highest BCUT2D eigenvalue weighted by Crippen LogP contribution is 2.24. The molecule has 0 amide bonds. The molecule has 1 aromatic carbocycles. The second-order valence-electron chi connectivity index (χ2n) is 5.97. The molecule has 1 aliphatic carbocycles. The number of likely N-dealkylation sites (N-methyl/N-ethyl adjacent to an activating group) is 1. The van der Waals surface area contributed by atoms with Gasteiger partial charge in [0, 0.05) is 11.6 Å². The number of carbonyl (C=O) groups excluding carboxylic acids is 1. The molecule has 2 rings (SSSR count). The van der Waals surface area contributed by atoms with E-state index < -0.39 is 0 Å². The Morgan fingerprint density at radius 2 is 1.75 bits per heavy atom. The Hall–Kier alpha value is -1.15. The van der Waals surface area contributed by atoms with Crippen LogP contribution in [0.1, 0.15) is 62.2 Å². The molecular weight excluding hydrogens is 246 g/mol. The lowest BCUT2D eigenvalue weighted by molar-refractivity contribution is 0.0769. The number of benzene rings is 1. The van der Waals surface area contributed by atoms with Crippen molar-refractivity contribution < 1.29 is 4.79 Å². The van der Waals surface area contributed by atoms with Crippen LogP contribution in [0.4, 0.5) is 0 Å². The lowest BCUT2D eigenvalue weighted by Crippen LogP contribution is -2.44. The van der Waals surface area contributed by atoms with Crippen molar-refractivity contribution in [2.24, 2.45) is 0 Å². The SMILES string of the molecule is CCC(C(=O)c1ccccc1)N(C)C1CCCCCC1. The maximum atomic E-state index is 12.7. The summed E-state index contributed by atoms with van der Waals surface area (Å²) in [5, 5.41) is 0. The maximum absolute atomic E-state index is 12.7. The molecule has 110 valence electrons. The van der Waals surface area contributed by atoms with E-state index in [1.54, 1.807) is 0 Å². The standard InChI is InChI=1S/C18H27NO/c1-3-17(18(20)15-11-7-6-8-12-15)19(2)16-13-9-4-5-10-14-16/h6-8,11-12,16-17H,3-5,9-10,13-14H2,1-2H3. The lowest BCUT2D eigenvalue weighted by Gasteiger charge is -2.33. The van der Waals surface area contributed by atoms with Gasteiger partial charge in [-0.1, -0.05) is 62.9 Å². The van der Waals surface area contributed by atoms with Gasteiger partial charge in [-0.05, 0) is 26.3 Å². The molecule has 0 N–H and O–H groups in total. The van der Waals surface area contributed by atoms with Crippen LogP contribution in [0.2, 0.25) is 0 Å². The van der Waals surface area contributed by atoms with E-state index >= 15 is 0 Å². The van der Waals surface area contributed by atoms with Crippen LogP contribution in [0, 0.1) is 0 Å². The molecule has 0 radical (unpaired) electrons. The smallest absolute Gasteiger partial charge is 0.179 e. The van der Waals surface area contributed by atoms with Gasteiger partial charge in [0.1, 0.15) is 0 Å². The number of carbonyl (C=O) groups is 1. The van der Waals surface area contributed by atoms with Gasteiger partial charge >= 0.3 is 0 Å². The van der Waals surface area contributed by atoms with Crippen molar-refractivity contribution in [3.8, 4) is 0 Å². The van der Waals surface area contributed by atoms with Gasteiger partial charge in [0.25, 0.3) is 0 Å². The molecule has 2 heteroatoms. The second-order valence-corrected chi connectivity index (χ2v) is 5.97. The van der Waals surface area contributed by atoms with Crippen LogP contribution in [0.15, 0.2) is 30.3 Å². The Labute approximate surface area is 123 Å². The van der Waals surface area contributed by atoms with Crippen molar-refractivity contribution in [3.63, 3.8) is 0 Å². The number of nitrogens with zero attached hydrogens (tertiary/aromatic N) is 1. The fraction of sp³-hybridized carbons (Fsp3) is 0.611. The third-order valence-corrected chi connectivity index (χ3v) is 4.64. The number of Topliss-reactive ketones (excluding diaryl/α,β-unsaturated/α-hetero) is 1. The third kappa shape index (κ3) is 3.69. The average molecular weight is 273 g/mol. The first-order chi connectivity index (χ1) is 9.74. The van der Waals surface area contributed by atoms with Crippen molar-refractivity contribution in [2.45, 2.75) is 64.0 Å². The van der Waals surface area contributed by atoms with Crippen LogP contribution in [0.3, 0.4) is 0 Å². The summed E-state index contributed by atoms with van der Waals surface area (Å²) in [5.41, 5.74) is 0.847. The molecule has 20 heavy (non-hydrogen) atoms. The van der Waals surface area contributed by atoms with Crippen molar-refractivity contribution >= 4 is 5.78 Å². The first-order valence-corrected chi connectivity index (χ1v) is 8.05. The topological polar surface area (TPSA) is 20.3 Å². The first kappa shape index (κ1) is 15.2. The van der Waals surface area contributed by atoms with Gasteiger partial charge in [0.2, 0.25) is 0 Å². The Kier molecular flexibility index (Phi) is 5.78. The van der Waals surface area contributed by atoms with Crippen LogP contribution < -0.4 is 0 Å². The molecule has 1 unspecified atom stereocenters. The molecular formula is C18H27NO. The summed E-state index contributed by atoms with van der Waals surface area (Å²) in [7, 11) is 2.14. The van der Waals surface area contributed by atoms with Gasteiger partial charge in [0.05, 0.1) is 6.04 Å². The normalized spacial score (nSPS) is 18.8. The molecule has 0 saturated heterocycles. The fourth-order valence-corrected chi connectivity index (χ4v) is 3.37. The van der Waals surface area contributed by atoms with Crippen LogP contribution in [-0.2, 0) is 0 Å². The van der Waals surface area contributed by atoms with Crippen LogP contribution in [0.25, 0.3) is 0 Å². The molecule has 0 heterocycles. The zero-order valence-corrected chi connectivity index (χ0v) is 12.8. The Morgan fingerprint density at radius 3 is 2.30 bits per heavy atom. The van der Waals surface area contributed by atoms with E-state index in [1.165, 1.54) is 38.5 Å². The monoisotopic (exact) mass is 273 g/mol. The first-order valence-electron chi connectivity index (χ1n) is 8.05. The van der Waals surface area contributed by atoms with Crippen LogP contribution in [0.5, 0.6) is 0 Å². The minimum absolute atomic E-state index is 0.0282. The zero-order valence-electron chi connectivity index (χ0n) is 12.8. The summed E-state index contributed by atoms with van der Waals surface area (Å²) in [6.07, 6.45) is 8.71. The van der Waals surface area contributed by atoms with Crippen LogP contribution in [-0.4, -0.2) is 29.8 Å². The minimum Gasteiger partial charge on any atom is -0.293 e. The molecule has 1 aliphatic rings. The molecule has 1 saturated carbocycles. The van der Waals surface area contributed by atoms with Crippen molar-refractivity contribution in [1.29, 1.82) is 0 Å². The maximum Gasteiger partial charge on any atom is 0.179 e. The number of rotatable bonds is 5. The Bertz CT molecular complexity index is 407. The molecule has 1 atom stereocenters. The third-order valence-electron chi connectivity index (χ3n) is 4.64. The zero-order chi connectivity index (χ0) is 14.4. The summed E-state index contributed by atoms with van der Waals surface area (Å²) in [6.45, 7) is 2.12. The van der Waals surface area contributed by atoms with Gasteiger partial charge in [-0.2, -0.15) is 0 Å². The lowest BCUT2D eigenvalue weighted by atomic mass is 9.97. The highest BCUT2D eigenvalue weighted by atomic mass is 16.1. The van der Waals surface area contributed by atoms with Crippen LogP contribution >= 0.6 is 0 Å². The summed E-state index contributed by atoms with van der Waals surface area (Å²) in [4.78, 5) is 15.1. The predicted molar refractivity (Wildman–Crippen MR) is 84.1 cm³/mol. The van der Waals surface area contributed by atoms with E-state index in [0.29, 0.717) is 6.04 Å². The average Bonchev–Trinajstić information content (AvgIpc) is 2.77. The Morgan fingerprint density at radius 1 is 1.15 bits per heavy atom. The van der Waals surface area contributed by atoms with Gasteiger partial charge < -0.3 is 0 Å². The second kappa shape index (κ2) is 7.58. The highest BCUT2D eigenvalue weighted by molar-refractivity contribution is 6.00. The number of ketones is 1. The molecule has 0 aromatic heterocycles.